The molecule has 136 valence electrons. The number of ether oxygens (including phenoxy) is 1. The number of nitrogens with zero attached hydrogens (tertiary/aromatic N) is 1. The van der Waals surface area contributed by atoms with Crippen LogP contribution in [0.15, 0.2) is 0 Å². The van der Waals surface area contributed by atoms with E-state index < -0.39 is 0 Å². The van der Waals surface area contributed by atoms with Crippen LogP contribution in [0, 0.1) is 44.6 Å². The van der Waals surface area contributed by atoms with Gasteiger partial charge in [0.1, 0.15) is 0 Å². The maximum Gasteiger partial charge on any atom is 0.218 e. The number of methoxy groups -OCH3 is 1. The third-order valence-corrected chi connectivity index (χ3v) is 9.11. The molecule has 4 aliphatic carbocycles. The lowest BCUT2D eigenvalue weighted by molar-refractivity contribution is -0.540. The van der Waals surface area contributed by atoms with Gasteiger partial charge >= 0.3 is 0 Å². The highest BCUT2D eigenvalue weighted by Gasteiger charge is 2.63. The van der Waals surface area contributed by atoms with Gasteiger partial charge in [0, 0.05) is 23.9 Å². The summed E-state index contributed by atoms with van der Waals surface area (Å²) in [6.07, 6.45) is 11.0. The summed E-state index contributed by atoms with van der Waals surface area (Å²) in [6, 6.07) is -0.299. The SMILES string of the molecule is COC1CCC2CC[C@@H]3C(CCC4(C)C3CCC4[N+](=O)[O-])C2(C)C1. The average Bonchev–Trinajstić information content (AvgIpc) is 2.91. The van der Waals surface area contributed by atoms with E-state index in [-0.39, 0.29) is 16.4 Å². The Bertz CT molecular complexity index is 523. The van der Waals surface area contributed by atoms with Gasteiger partial charge in [0.05, 0.1) is 6.10 Å². The van der Waals surface area contributed by atoms with Gasteiger partial charge in [-0.05, 0) is 80.5 Å². The van der Waals surface area contributed by atoms with Crippen LogP contribution < -0.4 is 0 Å². The predicted octanol–water partition coefficient (Wildman–Crippen LogP) is 4.69. The van der Waals surface area contributed by atoms with Crippen molar-refractivity contribution in [1.29, 1.82) is 0 Å². The molecule has 0 heterocycles. The van der Waals surface area contributed by atoms with Crippen molar-refractivity contribution < 1.29 is 9.66 Å². The van der Waals surface area contributed by atoms with Crippen molar-refractivity contribution in [2.45, 2.75) is 83.8 Å². The molecule has 0 saturated heterocycles. The molecule has 8 atom stereocenters. The molecule has 0 aromatic rings. The molecule has 0 spiro atoms. The van der Waals surface area contributed by atoms with Crippen molar-refractivity contribution in [3.63, 3.8) is 0 Å². The summed E-state index contributed by atoms with van der Waals surface area (Å²) in [7, 11) is 1.87. The minimum atomic E-state index is -0.299. The molecule has 4 saturated carbocycles. The van der Waals surface area contributed by atoms with Gasteiger partial charge in [-0.15, -0.1) is 0 Å². The monoisotopic (exact) mass is 335 g/mol. The Morgan fingerprint density at radius 3 is 2.38 bits per heavy atom. The molecular weight excluding hydrogens is 302 g/mol. The summed E-state index contributed by atoms with van der Waals surface area (Å²) in [5.74, 6) is 2.90. The van der Waals surface area contributed by atoms with Crippen LogP contribution in [-0.4, -0.2) is 24.2 Å². The van der Waals surface area contributed by atoms with Crippen LogP contribution >= 0.6 is 0 Å². The van der Waals surface area contributed by atoms with E-state index in [4.69, 9.17) is 4.74 Å². The van der Waals surface area contributed by atoms with Crippen molar-refractivity contribution in [3.05, 3.63) is 10.1 Å². The molecule has 0 amide bonds. The third kappa shape index (κ3) is 2.21. The van der Waals surface area contributed by atoms with E-state index in [1.165, 1.54) is 38.5 Å². The molecule has 4 rings (SSSR count). The first-order valence-electron chi connectivity index (χ1n) is 10.1. The summed E-state index contributed by atoms with van der Waals surface area (Å²) < 4.78 is 5.75. The molecule has 7 unspecified atom stereocenters. The van der Waals surface area contributed by atoms with Gasteiger partial charge in [0.25, 0.3) is 0 Å². The number of hydrogen-bond donors (Lipinski definition) is 0. The molecular formula is C20H33NO3. The Labute approximate surface area is 145 Å². The lowest BCUT2D eigenvalue weighted by Gasteiger charge is -2.60. The van der Waals surface area contributed by atoms with Gasteiger partial charge in [-0.25, -0.2) is 0 Å². The lowest BCUT2D eigenvalue weighted by Crippen LogP contribution is -2.55. The van der Waals surface area contributed by atoms with Crippen molar-refractivity contribution in [1.82, 2.24) is 0 Å². The van der Waals surface area contributed by atoms with E-state index in [9.17, 15) is 10.1 Å². The normalized spacial score (nSPS) is 53.8. The summed E-state index contributed by atoms with van der Waals surface area (Å²) in [5, 5.41) is 11.6. The molecule has 0 aromatic carbocycles. The number of hydrogen-bond acceptors (Lipinski definition) is 3. The zero-order valence-electron chi connectivity index (χ0n) is 15.5. The largest absolute Gasteiger partial charge is 0.381 e. The molecule has 0 bridgehead atoms. The lowest BCUT2D eigenvalue weighted by atomic mass is 9.45. The molecule has 4 nitrogen and oxygen atoms in total. The maximum atomic E-state index is 11.6. The number of nitro groups is 1. The van der Waals surface area contributed by atoms with Crippen molar-refractivity contribution in [3.8, 4) is 0 Å². The zero-order valence-corrected chi connectivity index (χ0v) is 15.5. The molecule has 0 N–H and O–H groups in total. The van der Waals surface area contributed by atoms with Gasteiger partial charge < -0.3 is 4.74 Å². The summed E-state index contributed by atoms with van der Waals surface area (Å²) >= 11 is 0. The summed E-state index contributed by atoms with van der Waals surface area (Å²) in [5.41, 5.74) is 0.346. The molecule has 4 heteroatoms. The van der Waals surface area contributed by atoms with Crippen LogP contribution in [0.1, 0.15) is 71.6 Å². The fourth-order valence-electron chi connectivity index (χ4n) is 7.83. The molecule has 4 fully saturated rings. The van der Waals surface area contributed by atoms with Crippen LogP contribution in [-0.2, 0) is 4.74 Å². The van der Waals surface area contributed by atoms with Gasteiger partial charge in [0.15, 0.2) is 0 Å². The predicted molar refractivity (Wildman–Crippen MR) is 93.3 cm³/mol. The fourth-order valence-corrected chi connectivity index (χ4v) is 7.83. The first-order valence-corrected chi connectivity index (χ1v) is 10.1. The van der Waals surface area contributed by atoms with Crippen molar-refractivity contribution >= 4 is 0 Å². The van der Waals surface area contributed by atoms with E-state index in [1.807, 2.05) is 7.11 Å². The van der Waals surface area contributed by atoms with E-state index in [1.54, 1.807) is 0 Å². The van der Waals surface area contributed by atoms with E-state index >= 15 is 0 Å². The highest BCUT2D eigenvalue weighted by atomic mass is 16.6. The van der Waals surface area contributed by atoms with Gasteiger partial charge in [0.2, 0.25) is 6.04 Å². The smallest absolute Gasteiger partial charge is 0.218 e. The van der Waals surface area contributed by atoms with E-state index in [0.717, 1.165) is 31.1 Å². The third-order valence-electron chi connectivity index (χ3n) is 9.11. The zero-order chi connectivity index (χ0) is 17.1. The maximum absolute atomic E-state index is 11.6. The van der Waals surface area contributed by atoms with E-state index in [2.05, 4.69) is 13.8 Å². The Morgan fingerprint density at radius 2 is 1.67 bits per heavy atom. The van der Waals surface area contributed by atoms with Gasteiger partial charge in [-0.2, -0.15) is 0 Å². The summed E-state index contributed by atoms with van der Waals surface area (Å²) in [4.78, 5) is 11.6. The topological polar surface area (TPSA) is 52.4 Å². The molecule has 4 aliphatic rings. The highest BCUT2D eigenvalue weighted by molar-refractivity contribution is 5.09. The van der Waals surface area contributed by atoms with Gasteiger partial charge in [-0.3, -0.25) is 10.1 Å². The van der Waals surface area contributed by atoms with Crippen molar-refractivity contribution in [2.24, 2.45) is 34.5 Å². The Kier molecular flexibility index (Phi) is 3.98. The summed E-state index contributed by atoms with van der Waals surface area (Å²) in [6.45, 7) is 4.77. The molecule has 0 aromatic heterocycles. The molecule has 24 heavy (non-hydrogen) atoms. The minimum absolute atomic E-state index is 0.0369. The molecule has 0 radical (unpaired) electrons. The number of rotatable bonds is 2. The Hall–Kier alpha value is -0.640. The minimum Gasteiger partial charge on any atom is -0.381 e. The van der Waals surface area contributed by atoms with Gasteiger partial charge in [-0.1, -0.05) is 13.8 Å². The quantitative estimate of drug-likeness (QED) is 0.543. The highest BCUT2D eigenvalue weighted by Crippen LogP contribution is 2.66. The second kappa shape index (κ2) is 5.69. The van der Waals surface area contributed by atoms with E-state index in [0.29, 0.717) is 23.4 Å². The second-order valence-corrected chi connectivity index (χ2v) is 9.72. The van der Waals surface area contributed by atoms with Crippen LogP contribution in [0.2, 0.25) is 0 Å². The molecule has 0 aliphatic heterocycles. The average molecular weight is 335 g/mol. The van der Waals surface area contributed by atoms with Crippen LogP contribution in [0.5, 0.6) is 0 Å². The second-order valence-electron chi connectivity index (χ2n) is 9.72. The Balaban J connectivity index is 1.61. The number of fused-ring (bicyclic) bond motifs is 5. The van der Waals surface area contributed by atoms with Crippen molar-refractivity contribution in [2.75, 3.05) is 7.11 Å². The van der Waals surface area contributed by atoms with Crippen LogP contribution in [0.25, 0.3) is 0 Å². The fraction of sp³-hybridized carbons (Fsp3) is 1.00. The Morgan fingerprint density at radius 1 is 0.958 bits per heavy atom. The first-order chi connectivity index (χ1) is 11.4. The van der Waals surface area contributed by atoms with Crippen LogP contribution in [0.4, 0.5) is 0 Å². The van der Waals surface area contributed by atoms with Crippen LogP contribution in [0.3, 0.4) is 0 Å². The first kappa shape index (κ1) is 16.8. The standard InChI is InChI=1S/C20H33NO3/c1-19-11-10-17-15(16(19)8-9-18(19)21(22)23)7-5-13-4-6-14(24-3)12-20(13,17)2/h13-18H,4-12H2,1-3H3/t13?,14?,15-,16?,17?,18?,19?,20?/m0/s1.